The molecule has 37 heavy (non-hydrogen) atoms. The molecule has 3 saturated heterocycles. The van der Waals surface area contributed by atoms with Crippen LogP contribution >= 0.6 is 0 Å². The van der Waals surface area contributed by atoms with E-state index in [1.165, 1.54) is 0 Å². The average molecular weight is 540 g/mol. The summed E-state index contributed by atoms with van der Waals surface area (Å²) in [6, 6.07) is -4.05. The van der Waals surface area contributed by atoms with Crippen LogP contribution in [0.15, 0.2) is 0 Å². The highest BCUT2D eigenvalue weighted by Gasteiger charge is 2.54. The number of aliphatic hydroxyl groups excluding tert-OH is 6. The van der Waals surface area contributed by atoms with Gasteiger partial charge in [0, 0.05) is 12.1 Å². The van der Waals surface area contributed by atoms with Gasteiger partial charge in [-0.1, -0.05) is 0 Å². The van der Waals surface area contributed by atoms with Crippen LogP contribution in [0, 0.1) is 0 Å². The van der Waals surface area contributed by atoms with E-state index in [1.807, 2.05) is 0 Å². The molecule has 15 N–H and O–H groups in total. The maximum absolute atomic E-state index is 11.1. The number of nitrogens with one attached hydrogen (secondary N) is 1. The highest BCUT2D eigenvalue weighted by Crippen LogP contribution is 2.35. The first kappa shape index (κ1) is 29.3. The molecule has 4 fully saturated rings. The lowest BCUT2D eigenvalue weighted by molar-refractivity contribution is -0.373. The van der Waals surface area contributed by atoms with Gasteiger partial charge in [0.05, 0.1) is 36.9 Å². The molecule has 3 heterocycles. The van der Waals surface area contributed by atoms with Crippen molar-refractivity contribution in [2.45, 2.75) is 117 Å². The van der Waals surface area contributed by atoms with Crippen LogP contribution in [0.5, 0.6) is 0 Å². The van der Waals surface area contributed by atoms with E-state index >= 15 is 0 Å². The van der Waals surface area contributed by atoms with E-state index in [4.69, 9.17) is 46.6 Å². The zero-order valence-electron chi connectivity index (χ0n) is 20.5. The quantitative estimate of drug-likeness (QED) is 0.149. The maximum atomic E-state index is 11.1. The number of likely N-dealkylation sites (N-methyl/N-ethyl adjacent to an activating group) is 1. The van der Waals surface area contributed by atoms with Gasteiger partial charge >= 0.3 is 0 Å². The molecule has 4 rings (SSSR count). The van der Waals surface area contributed by atoms with Crippen molar-refractivity contribution in [2.75, 3.05) is 13.7 Å². The third-order valence-electron chi connectivity index (χ3n) is 7.74. The topological polar surface area (TPSA) is 284 Å². The Bertz CT molecular complexity index is 756. The summed E-state index contributed by atoms with van der Waals surface area (Å²) >= 11 is 0. The zero-order chi connectivity index (χ0) is 27.2. The van der Waals surface area contributed by atoms with E-state index < -0.39 is 111 Å². The normalized spacial score (nSPS) is 55.1. The number of aliphatic hydroxyl groups is 6. The molecule has 0 radical (unpaired) electrons. The minimum Gasteiger partial charge on any atom is -0.394 e. The van der Waals surface area contributed by atoms with E-state index in [1.54, 1.807) is 7.05 Å². The Hall–Kier alpha value is -0.640. The smallest absolute Gasteiger partial charge is 0.189 e. The Kier molecular flexibility index (Phi) is 9.40. The summed E-state index contributed by atoms with van der Waals surface area (Å²) in [7, 11) is 1.55. The van der Waals surface area contributed by atoms with Crippen molar-refractivity contribution in [3.05, 3.63) is 0 Å². The van der Waals surface area contributed by atoms with Crippen molar-refractivity contribution in [3.63, 3.8) is 0 Å². The highest BCUT2D eigenvalue weighted by molar-refractivity contribution is 5.01. The second-order valence-corrected chi connectivity index (χ2v) is 10.3. The molecule has 3 aliphatic heterocycles. The Morgan fingerprint density at radius 1 is 0.730 bits per heavy atom. The Morgan fingerprint density at radius 3 is 2.08 bits per heavy atom. The molecule has 0 aromatic carbocycles. The van der Waals surface area contributed by atoms with Crippen LogP contribution in [-0.2, 0) is 23.7 Å². The van der Waals surface area contributed by atoms with Gasteiger partial charge in [-0.15, -0.1) is 0 Å². The SMILES string of the molecule is CNC1C(O)C2O[C@H](O[C@@H]3C(N)C[C@@H](N)[C@@H](O)C3O)[C@@H](N)C[C@H]2O[C@@H]1O[C@H]1OC(CO)[C@@H](N)[C@H](O)C1O. The van der Waals surface area contributed by atoms with Gasteiger partial charge in [-0.3, -0.25) is 0 Å². The fourth-order valence-electron chi connectivity index (χ4n) is 5.46. The van der Waals surface area contributed by atoms with E-state index in [0.717, 1.165) is 0 Å². The molecule has 0 aromatic rings. The van der Waals surface area contributed by atoms with Crippen molar-refractivity contribution in [1.82, 2.24) is 5.32 Å². The van der Waals surface area contributed by atoms with Gasteiger partial charge in [-0.2, -0.15) is 0 Å². The fourth-order valence-corrected chi connectivity index (χ4v) is 5.46. The molecule has 17 atom stereocenters. The Balaban J connectivity index is 1.43. The summed E-state index contributed by atoms with van der Waals surface area (Å²) in [4.78, 5) is 0. The Morgan fingerprint density at radius 2 is 1.43 bits per heavy atom. The van der Waals surface area contributed by atoms with Gasteiger partial charge in [-0.05, 0) is 19.9 Å². The van der Waals surface area contributed by atoms with Crippen LogP contribution in [0.25, 0.3) is 0 Å². The summed E-state index contributed by atoms with van der Waals surface area (Å²) in [6.07, 6.45) is -13.7. The van der Waals surface area contributed by atoms with Crippen LogP contribution in [0.2, 0.25) is 0 Å². The van der Waals surface area contributed by atoms with E-state index in [2.05, 4.69) is 5.32 Å². The fraction of sp³-hybridized carbons (Fsp3) is 1.00. The largest absolute Gasteiger partial charge is 0.394 e. The van der Waals surface area contributed by atoms with Crippen LogP contribution < -0.4 is 28.3 Å². The van der Waals surface area contributed by atoms with Crippen LogP contribution in [0.1, 0.15) is 12.8 Å². The summed E-state index contributed by atoms with van der Waals surface area (Å²) in [5, 5.41) is 64.7. The number of ether oxygens (including phenoxy) is 5. The van der Waals surface area contributed by atoms with Crippen LogP contribution in [0.3, 0.4) is 0 Å². The van der Waals surface area contributed by atoms with Gasteiger partial charge in [0.25, 0.3) is 0 Å². The number of nitrogens with two attached hydrogens (primary N) is 4. The van der Waals surface area contributed by atoms with E-state index in [0.29, 0.717) is 0 Å². The van der Waals surface area contributed by atoms with Gasteiger partial charge in [0.15, 0.2) is 18.9 Å². The second-order valence-electron chi connectivity index (χ2n) is 10.3. The summed E-state index contributed by atoms with van der Waals surface area (Å²) in [6.45, 7) is -0.508. The third-order valence-corrected chi connectivity index (χ3v) is 7.74. The van der Waals surface area contributed by atoms with Crippen molar-refractivity contribution < 1.29 is 54.3 Å². The molecular weight excluding hydrogens is 498 g/mol. The molecule has 16 heteroatoms. The number of fused-ring (bicyclic) bond motifs is 1. The van der Waals surface area contributed by atoms with E-state index in [9.17, 15) is 30.6 Å². The lowest BCUT2D eigenvalue weighted by atomic mass is 9.84. The van der Waals surface area contributed by atoms with Gasteiger partial charge in [0.1, 0.15) is 42.7 Å². The molecule has 216 valence electrons. The first-order valence-electron chi connectivity index (χ1n) is 12.5. The highest BCUT2D eigenvalue weighted by atomic mass is 16.8. The Labute approximate surface area is 213 Å². The number of hydrogen-bond donors (Lipinski definition) is 11. The molecular formula is C21H41N5O11. The van der Waals surface area contributed by atoms with Crippen molar-refractivity contribution in [2.24, 2.45) is 22.9 Å². The molecule has 0 amide bonds. The predicted molar refractivity (Wildman–Crippen MR) is 123 cm³/mol. The van der Waals surface area contributed by atoms with Crippen molar-refractivity contribution >= 4 is 0 Å². The first-order valence-corrected chi connectivity index (χ1v) is 12.5. The first-order chi connectivity index (χ1) is 17.5. The van der Waals surface area contributed by atoms with Crippen molar-refractivity contribution in [3.8, 4) is 0 Å². The molecule has 1 saturated carbocycles. The second kappa shape index (κ2) is 11.8. The molecule has 0 aromatic heterocycles. The van der Waals surface area contributed by atoms with Gasteiger partial charge < -0.3 is 82.6 Å². The van der Waals surface area contributed by atoms with Crippen LogP contribution in [0.4, 0.5) is 0 Å². The van der Waals surface area contributed by atoms with Crippen LogP contribution in [-0.4, -0.2) is 148 Å². The number of hydrogen-bond acceptors (Lipinski definition) is 16. The lowest BCUT2D eigenvalue weighted by Crippen LogP contribution is -2.70. The monoisotopic (exact) mass is 539 g/mol. The molecule has 0 bridgehead atoms. The van der Waals surface area contributed by atoms with Gasteiger partial charge in [-0.25, -0.2) is 0 Å². The van der Waals surface area contributed by atoms with Gasteiger partial charge in [0.2, 0.25) is 0 Å². The zero-order valence-corrected chi connectivity index (χ0v) is 20.5. The summed E-state index contributed by atoms with van der Waals surface area (Å²) in [5.74, 6) is 0. The van der Waals surface area contributed by atoms with Crippen molar-refractivity contribution in [1.29, 1.82) is 0 Å². The third kappa shape index (κ3) is 5.66. The molecule has 1 aliphatic carbocycles. The predicted octanol–water partition coefficient (Wildman–Crippen LogP) is -6.95. The van der Waals surface area contributed by atoms with E-state index in [-0.39, 0.29) is 12.8 Å². The minimum absolute atomic E-state index is 0.156. The average Bonchev–Trinajstić information content (AvgIpc) is 2.86. The summed E-state index contributed by atoms with van der Waals surface area (Å²) in [5.41, 5.74) is 24.0. The minimum atomic E-state index is -1.54. The summed E-state index contributed by atoms with van der Waals surface area (Å²) < 4.78 is 29.2. The lowest BCUT2D eigenvalue weighted by Gasteiger charge is -2.51. The maximum Gasteiger partial charge on any atom is 0.189 e. The molecule has 16 nitrogen and oxygen atoms in total. The molecule has 0 spiro atoms. The number of rotatable bonds is 6. The standard InChI is InChI=1S/C21H41N5O11/c1-26-11-14(30)18-8(33-20(11)37-21-16(32)13(29)10(25)9(4-27)34-21)3-7(24)19(36-18)35-17-6(23)2-5(22)12(28)15(17)31/h5-21,26-32H,2-4,22-25H2,1H3/t5-,6?,7+,8-,9?,10-,11?,12-,13+,14?,15?,16?,17-,18?,19+,20-,21-/m1/s1. The molecule has 4 aliphatic rings. The molecule has 7 unspecified atom stereocenters.